The number of amides is 2. The van der Waals surface area contributed by atoms with Crippen molar-refractivity contribution in [3.63, 3.8) is 0 Å². The van der Waals surface area contributed by atoms with Crippen molar-refractivity contribution in [2.75, 3.05) is 26.1 Å². The highest BCUT2D eigenvalue weighted by Gasteiger charge is 2.23. The fourth-order valence-electron chi connectivity index (χ4n) is 2.95. The van der Waals surface area contributed by atoms with Gasteiger partial charge in [-0.1, -0.05) is 41.7 Å². The first-order valence-corrected chi connectivity index (χ1v) is 10.9. The number of nitrogens with zero attached hydrogens (tertiary/aromatic N) is 2. The molecule has 7 nitrogen and oxygen atoms in total. The molecule has 154 valence electrons. The first-order valence-electron chi connectivity index (χ1n) is 9.18. The number of urea groups is 1. The molecule has 2 aromatic carbocycles. The quantitative estimate of drug-likeness (QED) is 0.603. The predicted molar refractivity (Wildman–Crippen MR) is 123 cm³/mol. The Morgan fingerprint density at radius 3 is 2.67 bits per heavy atom. The summed E-state index contributed by atoms with van der Waals surface area (Å²) < 4.78 is 11.7. The van der Waals surface area contributed by atoms with Gasteiger partial charge in [-0.3, -0.25) is 9.98 Å². The zero-order valence-electron chi connectivity index (χ0n) is 16.4. The van der Waals surface area contributed by atoms with Crippen LogP contribution in [0.3, 0.4) is 0 Å². The van der Waals surface area contributed by atoms with Crippen LogP contribution >= 0.6 is 23.5 Å². The van der Waals surface area contributed by atoms with Gasteiger partial charge in [-0.2, -0.15) is 0 Å². The van der Waals surface area contributed by atoms with E-state index in [1.165, 1.54) is 11.8 Å². The van der Waals surface area contributed by atoms with Crippen molar-refractivity contribution >= 4 is 50.5 Å². The second-order valence-corrected chi connectivity index (χ2v) is 8.79. The molecule has 1 aromatic heterocycles. The normalized spacial score (nSPS) is 15.5. The molecule has 30 heavy (non-hydrogen) atoms. The molecule has 1 aliphatic rings. The third-order valence-corrected chi connectivity index (χ3v) is 6.66. The molecule has 1 aliphatic heterocycles. The highest BCUT2D eigenvalue weighted by Crippen LogP contribution is 2.39. The molecule has 1 atom stereocenters. The summed E-state index contributed by atoms with van der Waals surface area (Å²) >= 11 is 3.09. The van der Waals surface area contributed by atoms with E-state index in [-0.39, 0.29) is 11.4 Å². The standard InChI is InChI=1S/C21H20N4O3S2/c1-27-16-10-14-15(11-17(16)28-2)22-9-8-18(14)29-21-23-12-19(30-21)25-20(26)24-13-6-4-3-5-7-13/h3-11,19H,12H2,1-2H3,(H2,24,25,26). The summed E-state index contributed by atoms with van der Waals surface area (Å²) in [7, 11) is 3.22. The van der Waals surface area contributed by atoms with Crippen LogP contribution in [0, 0.1) is 0 Å². The van der Waals surface area contributed by atoms with Gasteiger partial charge in [-0.05, 0) is 24.3 Å². The number of ether oxygens (including phenoxy) is 2. The summed E-state index contributed by atoms with van der Waals surface area (Å²) in [5.41, 5.74) is 1.57. The molecule has 2 heterocycles. The third-order valence-electron chi connectivity index (χ3n) is 4.36. The number of hydrogen-bond donors (Lipinski definition) is 2. The number of hydrogen-bond acceptors (Lipinski definition) is 7. The van der Waals surface area contributed by atoms with E-state index in [1.54, 1.807) is 32.2 Å². The number of anilines is 1. The van der Waals surface area contributed by atoms with E-state index in [0.29, 0.717) is 18.0 Å². The maximum absolute atomic E-state index is 12.2. The lowest BCUT2D eigenvalue weighted by Crippen LogP contribution is -2.36. The Kier molecular flexibility index (Phi) is 6.29. The summed E-state index contributed by atoms with van der Waals surface area (Å²) in [6.45, 7) is 0.523. The van der Waals surface area contributed by atoms with Crippen LogP contribution in [0.25, 0.3) is 10.9 Å². The fraction of sp³-hybridized carbons (Fsp3) is 0.190. The van der Waals surface area contributed by atoms with Gasteiger partial charge in [0.1, 0.15) is 9.75 Å². The molecule has 1 unspecified atom stereocenters. The van der Waals surface area contributed by atoms with Crippen molar-refractivity contribution in [2.45, 2.75) is 10.3 Å². The van der Waals surface area contributed by atoms with Crippen LogP contribution in [0.1, 0.15) is 0 Å². The van der Waals surface area contributed by atoms with E-state index >= 15 is 0 Å². The summed E-state index contributed by atoms with van der Waals surface area (Å²) in [5.74, 6) is 1.29. The highest BCUT2D eigenvalue weighted by molar-refractivity contribution is 8.39. The summed E-state index contributed by atoms with van der Waals surface area (Å²) in [6.07, 6.45) is 1.76. The monoisotopic (exact) mass is 440 g/mol. The number of aromatic nitrogens is 1. The first-order chi connectivity index (χ1) is 14.7. The molecule has 4 rings (SSSR count). The van der Waals surface area contributed by atoms with Gasteiger partial charge in [0.2, 0.25) is 0 Å². The van der Waals surface area contributed by atoms with Crippen LogP contribution in [0.2, 0.25) is 0 Å². The summed E-state index contributed by atoms with van der Waals surface area (Å²) in [6, 6.07) is 14.8. The van der Waals surface area contributed by atoms with E-state index in [2.05, 4.69) is 20.6 Å². The first kappa shape index (κ1) is 20.4. The van der Waals surface area contributed by atoms with E-state index < -0.39 is 0 Å². The van der Waals surface area contributed by atoms with Crippen LogP contribution in [0.15, 0.2) is 64.6 Å². The van der Waals surface area contributed by atoms with Crippen LogP contribution in [0.5, 0.6) is 11.5 Å². The molecule has 2 amide bonds. The number of pyridine rings is 1. The number of aliphatic imine (C=N–C) groups is 1. The Morgan fingerprint density at radius 2 is 1.90 bits per heavy atom. The molecule has 0 spiro atoms. The van der Waals surface area contributed by atoms with Crippen molar-refractivity contribution in [1.82, 2.24) is 10.3 Å². The second kappa shape index (κ2) is 9.27. The lowest BCUT2D eigenvalue weighted by Gasteiger charge is -2.13. The lowest BCUT2D eigenvalue weighted by molar-refractivity contribution is 0.251. The predicted octanol–water partition coefficient (Wildman–Crippen LogP) is 4.59. The van der Waals surface area contributed by atoms with Crippen LogP contribution in [-0.2, 0) is 0 Å². The number of carbonyl (C=O) groups is 1. The molecule has 2 N–H and O–H groups in total. The number of nitrogens with one attached hydrogen (secondary N) is 2. The van der Waals surface area contributed by atoms with Crippen LogP contribution < -0.4 is 20.1 Å². The molecule has 0 saturated carbocycles. The number of thioether (sulfide) groups is 2. The molecule has 0 saturated heterocycles. The maximum atomic E-state index is 12.2. The fourth-order valence-corrected chi connectivity index (χ4v) is 5.20. The molecule has 0 bridgehead atoms. The molecule has 0 aliphatic carbocycles. The number of carbonyl (C=O) groups excluding carboxylic acids is 1. The van der Waals surface area contributed by atoms with Gasteiger partial charge in [0.05, 0.1) is 26.3 Å². The summed E-state index contributed by atoms with van der Waals surface area (Å²) in [5, 5.41) is 6.62. The molecule has 0 fully saturated rings. The van der Waals surface area contributed by atoms with Crippen molar-refractivity contribution < 1.29 is 14.3 Å². The average molecular weight is 441 g/mol. The number of benzene rings is 2. The Morgan fingerprint density at radius 1 is 1.13 bits per heavy atom. The van der Waals surface area contributed by atoms with Gasteiger partial charge in [0.25, 0.3) is 0 Å². The minimum absolute atomic E-state index is 0.112. The Bertz CT molecular complexity index is 1090. The smallest absolute Gasteiger partial charge is 0.320 e. The van der Waals surface area contributed by atoms with Gasteiger partial charge in [-0.15, -0.1) is 0 Å². The topological polar surface area (TPSA) is 84.8 Å². The van der Waals surface area contributed by atoms with Gasteiger partial charge in [0, 0.05) is 28.2 Å². The third kappa shape index (κ3) is 4.63. The number of fused-ring (bicyclic) bond motifs is 1. The Hall–Kier alpha value is -2.91. The zero-order chi connectivity index (χ0) is 20.9. The van der Waals surface area contributed by atoms with Crippen molar-refractivity contribution in [3.8, 4) is 11.5 Å². The second-order valence-electron chi connectivity index (χ2n) is 6.31. The van der Waals surface area contributed by atoms with Gasteiger partial charge >= 0.3 is 6.03 Å². The van der Waals surface area contributed by atoms with Gasteiger partial charge in [0.15, 0.2) is 11.5 Å². The van der Waals surface area contributed by atoms with Crippen molar-refractivity contribution in [3.05, 3.63) is 54.7 Å². The minimum atomic E-state index is -0.244. The molecular formula is C21H20N4O3S2. The van der Waals surface area contributed by atoms with Crippen molar-refractivity contribution in [1.29, 1.82) is 0 Å². The largest absolute Gasteiger partial charge is 0.493 e. The molecular weight excluding hydrogens is 420 g/mol. The highest BCUT2D eigenvalue weighted by atomic mass is 32.2. The molecule has 3 aromatic rings. The Labute approximate surface area is 182 Å². The molecule has 9 heteroatoms. The van der Waals surface area contributed by atoms with Crippen LogP contribution in [-0.4, -0.2) is 41.5 Å². The Balaban J connectivity index is 1.42. The maximum Gasteiger partial charge on any atom is 0.320 e. The van der Waals surface area contributed by atoms with Gasteiger partial charge in [-0.25, -0.2) is 4.79 Å². The van der Waals surface area contributed by atoms with Gasteiger partial charge < -0.3 is 20.1 Å². The van der Waals surface area contributed by atoms with E-state index in [9.17, 15) is 4.79 Å². The van der Waals surface area contributed by atoms with E-state index in [0.717, 1.165) is 25.9 Å². The SMILES string of the molecule is COc1cc2nccc(SC3=NCC(NC(=O)Nc4ccccc4)S3)c2cc1OC. The average Bonchev–Trinajstić information content (AvgIpc) is 3.20. The van der Waals surface area contributed by atoms with E-state index in [4.69, 9.17) is 9.47 Å². The molecule has 0 radical (unpaired) electrons. The van der Waals surface area contributed by atoms with E-state index in [1.807, 2.05) is 48.5 Å². The van der Waals surface area contributed by atoms with Crippen molar-refractivity contribution in [2.24, 2.45) is 4.99 Å². The number of methoxy groups -OCH3 is 2. The number of rotatable bonds is 5. The summed E-state index contributed by atoms with van der Waals surface area (Å²) in [4.78, 5) is 22.2. The zero-order valence-corrected chi connectivity index (χ0v) is 18.0. The minimum Gasteiger partial charge on any atom is -0.493 e. The number of para-hydroxylation sites is 1. The lowest BCUT2D eigenvalue weighted by atomic mass is 10.2. The van der Waals surface area contributed by atoms with Crippen LogP contribution in [0.4, 0.5) is 10.5 Å².